The maximum Gasteiger partial charge on any atom is 0.309 e. The van der Waals surface area contributed by atoms with Crippen molar-refractivity contribution in [2.75, 3.05) is 13.2 Å². The van der Waals surface area contributed by atoms with E-state index in [1.807, 2.05) is 6.08 Å². The second kappa shape index (κ2) is 53.7. The highest BCUT2D eigenvalue weighted by Gasteiger charge is 2.19. The van der Waals surface area contributed by atoms with E-state index in [1.54, 1.807) is 6.08 Å². The summed E-state index contributed by atoms with van der Waals surface area (Å²) in [6.45, 7) is 6.30. The number of carbonyl (C=O) groups is 3. The summed E-state index contributed by atoms with van der Waals surface area (Å²) in [6.07, 6.45) is 72.4. The number of hydrogen-bond donors (Lipinski definition) is 0. The Hall–Kier alpha value is -3.93. The lowest BCUT2D eigenvalue weighted by Crippen LogP contribution is -2.30. The van der Waals surface area contributed by atoms with Crippen molar-refractivity contribution in [2.45, 2.75) is 239 Å². The zero-order valence-electron chi connectivity index (χ0n) is 42.7. The number of allylic oxidation sites excluding steroid dienone is 17. The van der Waals surface area contributed by atoms with Crippen molar-refractivity contribution in [1.82, 2.24) is 0 Å². The van der Waals surface area contributed by atoms with Crippen molar-refractivity contribution in [3.05, 3.63) is 109 Å². The van der Waals surface area contributed by atoms with Crippen molar-refractivity contribution in [3.8, 4) is 0 Å². The van der Waals surface area contributed by atoms with Crippen molar-refractivity contribution >= 4 is 17.9 Å². The Morgan fingerprint density at radius 1 is 0.333 bits per heavy atom. The minimum atomic E-state index is -0.828. The van der Waals surface area contributed by atoms with Gasteiger partial charge >= 0.3 is 17.9 Å². The van der Waals surface area contributed by atoms with Crippen molar-refractivity contribution in [3.63, 3.8) is 0 Å². The summed E-state index contributed by atoms with van der Waals surface area (Å²) in [5.74, 6) is -1.07. The smallest absolute Gasteiger partial charge is 0.309 e. The first-order valence-corrected chi connectivity index (χ1v) is 26.9. The average Bonchev–Trinajstić information content (AvgIpc) is 3.31. The van der Waals surface area contributed by atoms with Crippen LogP contribution in [0.15, 0.2) is 109 Å². The van der Waals surface area contributed by atoms with Crippen molar-refractivity contribution in [2.24, 2.45) is 0 Å². The van der Waals surface area contributed by atoms with Gasteiger partial charge in [0.1, 0.15) is 13.2 Å². The Morgan fingerprint density at radius 2 is 0.652 bits per heavy atom. The van der Waals surface area contributed by atoms with Crippen LogP contribution in [0.5, 0.6) is 0 Å². The number of ether oxygens (including phenoxy) is 3. The molecule has 6 nitrogen and oxygen atoms in total. The highest BCUT2D eigenvalue weighted by Crippen LogP contribution is 2.14. The molecule has 0 radical (unpaired) electrons. The monoisotopic (exact) mass is 915 g/mol. The zero-order chi connectivity index (χ0) is 47.9. The van der Waals surface area contributed by atoms with Gasteiger partial charge in [-0.05, 0) is 103 Å². The molecular weight excluding hydrogens is 817 g/mol. The van der Waals surface area contributed by atoms with Gasteiger partial charge in [-0.3, -0.25) is 14.4 Å². The molecule has 0 amide bonds. The fourth-order valence-electron chi connectivity index (χ4n) is 7.05. The van der Waals surface area contributed by atoms with Gasteiger partial charge in [0.2, 0.25) is 0 Å². The van der Waals surface area contributed by atoms with Gasteiger partial charge in [0.15, 0.2) is 6.10 Å². The lowest BCUT2D eigenvalue weighted by Gasteiger charge is -2.18. The predicted molar refractivity (Wildman–Crippen MR) is 283 cm³/mol. The van der Waals surface area contributed by atoms with E-state index < -0.39 is 12.1 Å². The normalized spacial score (nSPS) is 13.0. The molecule has 1 atom stereocenters. The average molecular weight is 915 g/mol. The Labute approximate surface area is 406 Å². The number of carbonyl (C=O) groups excluding carboxylic acids is 3. The lowest BCUT2D eigenvalue weighted by molar-refractivity contribution is -0.166. The predicted octanol–water partition coefficient (Wildman–Crippen LogP) is 17.9. The number of rotatable bonds is 47. The molecule has 0 aliphatic carbocycles. The standard InChI is InChI=1S/C60H98O6/c1-4-7-10-13-16-19-22-25-28-30-33-35-38-41-44-47-50-53-59(62)65-56-57(55-64-58(61)52-49-46-43-40-37-34-31-27-24-21-18-15-12-9-6-3)66-60(63)54-51-48-45-42-39-36-32-29-26-23-20-17-14-11-8-5-2/h7,9-10,12,16,18-19,21,25,27-29,31-32,37,40,46,49,57H,4-6,8,11,13-15,17,20,22-24,26,30,33-36,38-39,41-45,47-48,50-56H2,1-3H3/b10-7-,12-9-,19-16-,21-18-,28-25-,31-27-,32-29-,40-37-,49-46-. The van der Waals surface area contributed by atoms with Crippen molar-refractivity contribution in [1.29, 1.82) is 0 Å². The van der Waals surface area contributed by atoms with E-state index in [1.165, 1.54) is 83.5 Å². The molecule has 0 heterocycles. The summed E-state index contributed by atoms with van der Waals surface area (Å²) < 4.78 is 16.7. The molecule has 374 valence electrons. The molecule has 0 N–H and O–H groups in total. The Morgan fingerprint density at radius 3 is 1.08 bits per heavy atom. The third-order valence-corrected chi connectivity index (χ3v) is 11.0. The van der Waals surface area contributed by atoms with E-state index in [9.17, 15) is 14.4 Å². The second-order valence-electron chi connectivity index (χ2n) is 17.4. The third kappa shape index (κ3) is 51.1. The molecule has 0 aromatic rings. The van der Waals surface area contributed by atoms with Gasteiger partial charge in [0, 0.05) is 12.8 Å². The van der Waals surface area contributed by atoms with Gasteiger partial charge in [-0.1, -0.05) is 220 Å². The molecule has 0 fully saturated rings. The molecule has 0 aromatic carbocycles. The molecule has 0 aromatic heterocycles. The molecule has 0 spiro atoms. The van der Waals surface area contributed by atoms with Crippen molar-refractivity contribution < 1.29 is 28.6 Å². The topological polar surface area (TPSA) is 78.9 Å². The van der Waals surface area contributed by atoms with Crippen LogP contribution in [-0.2, 0) is 28.6 Å². The second-order valence-corrected chi connectivity index (χ2v) is 17.4. The van der Waals surface area contributed by atoms with Crippen LogP contribution in [0.1, 0.15) is 233 Å². The molecule has 6 heteroatoms. The van der Waals surface area contributed by atoms with Crippen LogP contribution in [0.2, 0.25) is 0 Å². The zero-order valence-corrected chi connectivity index (χ0v) is 42.7. The van der Waals surface area contributed by atoms with Crippen LogP contribution >= 0.6 is 0 Å². The van der Waals surface area contributed by atoms with Crippen LogP contribution in [0, 0.1) is 0 Å². The molecule has 66 heavy (non-hydrogen) atoms. The Balaban J connectivity index is 4.53. The van der Waals surface area contributed by atoms with Gasteiger partial charge in [-0.2, -0.15) is 0 Å². The molecule has 0 rings (SSSR count). The number of unbranched alkanes of at least 4 members (excludes halogenated alkanes) is 19. The molecule has 0 aliphatic rings. The third-order valence-electron chi connectivity index (χ3n) is 11.0. The van der Waals surface area contributed by atoms with Gasteiger partial charge in [0.25, 0.3) is 0 Å². The van der Waals surface area contributed by atoms with E-state index in [4.69, 9.17) is 14.2 Å². The maximum absolute atomic E-state index is 12.8. The van der Waals surface area contributed by atoms with Gasteiger partial charge in [-0.25, -0.2) is 0 Å². The van der Waals surface area contributed by atoms with E-state index in [0.717, 1.165) is 109 Å². The lowest BCUT2D eigenvalue weighted by atomic mass is 10.1. The summed E-state index contributed by atoms with van der Waals surface area (Å²) >= 11 is 0. The highest BCUT2D eigenvalue weighted by molar-refractivity contribution is 5.72. The SMILES string of the molecule is CC/C=C\C/C=C\C/C=C\C/C=C\C/C=C\CC(=O)OCC(COC(=O)CCCCCCCCC/C=C\C/C=C\C/C=C\CC)OC(=O)CCCCCCC/C=C\CCCCCCCCC. The van der Waals surface area contributed by atoms with Crippen LogP contribution in [0.4, 0.5) is 0 Å². The Kier molecular flexibility index (Phi) is 50.5. The maximum atomic E-state index is 12.8. The number of hydrogen-bond acceptors (Lipinski definition) is 6. The van der Waals surface area contributed by atoms with Crippen LogP contribution in [-0.4, -0.2) is 37.2 Å². The van der Waals surface area contributed by atoms with Crippen LogP contribution < -0.4 is 0 Å². The summed E-state index contributed by atoms with van der Waals surface area (Å²) in [7, 11) is 0. The highest BCUT2D eigenvalue weighted by atomic mass is 16.6. The molecule has 0 aliphatic heterocycles. The van der Waals surface area contributed by atoms with E-state index in [2.05, 4.69) is 118 Å². The molecule has 0 saturated heterocycles. The van der Waals surface area contributed by atoms with E-state index >= 15 is 0 Å². The quantitative estimate of drug-likeness (QED) is 0.0262. The molecule has 0 saturated carbocycles. The van der Waals surface area contributed by atoms with E-state index in [-0.39, 0.29) is 31.6 Å². The van der Waals surface area contributed by atoms with Crippen LogP contribution in [0.25, 0.3) is 0 Å². The van der Waals surface area contributed by atoms with Gasteiger partial charge in [-0.15, -0.1) is 0 Å². The minimum absolute atomic E-state index is 0.118. The van der Waals surface area contributed by atoms with E-state index in [0.29, 0.717) is 12.8 Å². The van der Waals surface area contributed by atoms with Gasteiger partial charge < -0.3 is 14.2 Å². The molecule has 1 unspecified atom stereocenters. The largest absolute Gasteiger partial charge is 0.462 e. The molecule has 0 bridgehead atoms. The first-order chi connectivity index (χ1) is 32.5. The van der Waals surface area contributed by atoms with Gasteiger partial charge in [0.05, 0.1) is 6.42 Å². The summed E-state index contributed by atoms with van der Waals surface area (Å²) in [4.78, 5) is 38.0. The summed E-state index contributed by atoms with van der Waals surface area (Å²) in [5.41, 5.74) is 0. The minimum Gasteiger partial charge on any atom is -0.462 e. The summed E-state index contributed by atoms with van der Waals surface area (Å²) in [6, 6.07) is 0. The van der Waals surface area contributed by atoms with Crippen LogP contribution in [0.3, 0.4) is 0 Å². The first-order valence-electron chi connectivity index (χ1n) is 26.9. The molecular formula is C60H98O6. The first kappa shape index (κ1) is 62.1. The number of esters is 3. The Bertz CT molecular complexity index is 1370. The fraction of sp³-hybridized carbons (Fsp3) is 0.650. The summed E-state index contributed by atoms with van der Waals surface area (Å²) in [5, 5.41) is 0. The fourth-order valence-corrected chi connectivity index (χ4v) is 7.05.